The molecule has 0 aliphatic heterocycles. The molecule has 0 saturated carbocycles. The summed E-state index contributed by atoms with van der Waals surface area (Å²) >= 11 is 9.01. The van der Waals surface area contributed by atoms with Crippen LogP contribution in [0.4, 0.5) is 5.69 Å². The van der Waals surface area contributed by atoms with Crippen molar-refractivity contribution in [3.63, 3.8) is 0 Å². The van der Waals surface area contributed by atoms with Gasteiger partial charge < -0.3 is 0 Å². The first-order valence-electron chi connectivity index (χ1n) is 4.29. The van der Waals surface area contributed by atoms with Crippen LogP contribution in [-0.2, 0) is 10.0 Å². The number of nitrogens with one attached hydrogen (secondary N) is 1. The van der Waals surface area contributed by atoms with Crippen LogP contribution in [0.3, 0.4) is 0 Å². The fourth-order valence-electron chi connectivity index (χ4n) is 0.842. The molecule has 1 aromatic carbocycles. The molecule has 0 fully saturated rings. The SMILES string of the molecule is CC(C)S(=O)(=O)Nc1ccc(Cl)c(Br)c1. The number of sulfonamides is 1. The van der Waals surface area contributed by atoms with Crippen molar-refractivity contribution in [1.82, 2.24) is 0 Å². The average Bonchev–Trinajstić information content (AvgIpc) is 2.10. The Bertz CT molecular complexity index is 459. The molecule has 0 amide bonds. The zero-order valence-corrected chi connectivity index (χ0v) is 11.4. The maximum Gasteiger partial charge on any atom is 0.235 e. The molecular formula is C9H11BrClNO2S. The summed E-state index contributed by atoms with van der Waals surface area (Å²) in [5.74, 6) is 0. The second-order valence-corrected chi connectivity index (χ2v) is 6.82. The maximum atomic E-state index is 11.5. The summed E-state index contributed by atoms with van der Waals surface area (Å²) in [6.07, 6.45) is 0. The quantitative estimate of drug-likeness (QED) is 0.931. The minimum Gasteiger partial charge on any atom is -0.283 e. The lowest BCUT2D eigenvalue weighted by molar-refractivity contribution is 0.593. The zero-order valence-electron chi connectivity index (χ0n) is 8.29. The van der Waals surface area contributed by atoms with Crippen LogP contribution in [0.5, 0.6) is 0 Å². The number of hydrogen-bond donors (Lipinski definition) is 1. The molecule has 0 aliphatic carbocycles. The first kappa shape index (κ1) is 12.8. The molecular weight excluding hydrogens is 302 g/mol. The fraction of sp³-hybridized carbons (Fsp3) is 0.333. The lowest BCUT2D eigenvalue weighted by Gasteiger charge is -2.11. The van der Waals surface area contributed by atoms with Gasteiger partial charge in [0.25, 0.3) is 0 Å². The lowest BCUT2D eigenvalue weighted by atomic mass is 10.3. The van der Waals surface area contributed by atoms with Crippen LogP contribution < -0.4 is 4.72 Å². The van der Waals surface area contributed by atoms with Crippen LogP contribution in [0.1, 0.15) is 13.8 Å². The Morgan fingerprint density at radius 2 is 2.00 bits per heavy atom. The van der Waals surface area contributed by atoms with Crippen molar-refractivity contribution in [1.29, 1.82) is 0 Å². The van der Waals surface area contributed by atoms with Crippen molar-refractivity contribution in [2.75, 3.05) is 4.72 Å². The van der Waals surface area contributed by atoms with Crippen molar-refractivity contribution in [2.24, 2.45) is 0 Å². The highest BCUT2D eigenvalue weighted by Crippen LogP contribution is 2.26. The van der Waals surface area contributed by atoms with Crippen molar-refractivity contribution in [3.05, 3.63) is 27.7 Å². The topological polar surface area (TPSA) is 46.2 Å². The smallest absolute Gasteiger partial charge is 0.235 e. The van der Waals surface area contributed by atoms with E-state index in [9.17, 15) is 8.42 Å². The van der Waals surface area contributed by atoms with Crippen LogP contribution in [-0.4, -0.2) is 13.7 Å². The first-order chi connectivity index (χ1) is 6.83. The Balaban J connectivity index is 2.96. The van der Waals surface area contributed by atoms with Crippen molar-refractivity contribution >= 4 is 43.2 Å². The molecule has 1 aromatic rings. The van der Waals surface area contributed by atoms with Crippen LogP contribution in [0, 0.1) is 0 Å². The number of halogens is 2. The molecule has 0 saturated heterocycles. The van der Waals surface area contributed by atoms with Gasteiger partial charge >= 0.3 is 0 Å². The fourth-order valence-corrected chi connectivity index (χ4v) is 2.03. The Morgan fingerprint density at radius 3 is 2.47 bits per heavy atom. The minimum absolute atomic E-state index is 0.466. The van der Waals surface area contributed by atoms with E-state index < -0.39 is 15.3 Å². The number of benzene rings is 1. The van der Waals surface area contributed by atoms with Crippen LogP contribution in [0.15, 0.2) is 22.7 Å². The van der Waals surface area contributed by atoms with Gasteiger partial charge in [-0.05, 0) is 48.0 Å². The Morgan fingerprint density at radius 1 is 1.40 bits per heavy atom. The third-order valence-corrected chi connectivity index (χ3v) is 4.78. The standard InChI is InChI=1S/C9H11BrClNO2S/c1-6(2)15(13,14)12-7-3-4-9(11)8(10)5-7/h3-6,12H,1-2H3. The largest absolute Gasteiger partial charge is 0.283 e. The molecule has 0 aliphatic rings. The van der Waals surface area contributed by atoms with E-state index in [2.05, 4.69) is 20.7 Å². The molecule has 0 spiro atoms. The van der Waals surface area contributed by atoms with E-state index in [0.29, 0.717) is 15.2 Å². The highest BCUT2D eigenvalue weighted by molar-refractivity contribution is 9.10. The summed E-state index contributed by atoms with van der Waals surface area (Å²) in [5, 5.41) is 0.0782. The van der Waals surface area contributed by atoms with Gasteiger partial charge in [-0.15, -0.1) is 0 Å². The molecule has 0 heterocycles. The third-order valence-electron chi connectivity index (χ3n) is 1.80. The second kappa shape index (κ2) is 4.72. The normalized spacial score (nSPS) is 11.8. The molecule has 0 unspecified atom stereocenters. The van der Waals surface area contributed by atoms with Gasteiger partial charge in [-0.2, -0.15) is 0 Å². The predicted octanol–water partition coefficient (Wildman–Crippen LogP) is 3.25. The van der Waals surface area contributed by atoms with Crippen molar-refractivity contribution in [3.8, 4) is 0 Å². The second-order valence-electron chi connectivity index (χ2n) is 3.32. The van der Waals surface area contributed by atoms with Crippen molar-refractivity contribution < 1.29 is 8.42 Å². The Hall–Kier alpha value is -0.260. The van der Waals surface area contributed by atoms with Gasteiger partial charge in [0.1, 0.15) is 0 Å². The third kappa shape index (κ3) is 3.36. The van der Waals surface area contributed by atoms with E-state index in [0.717, 1.165) is 0 Å². The minimum atomic E-state index is -3.29. The summed E-state index contributed by atoms with van der Waals surface area (Å²) in [4.78, 5) is 0. The van der Waals surface area contributed by atoms with E-state index in [1.54, 1.807) is 32.0 Å². The Kier molecular flexibility index (Phi) is 4.03. The zero-order chi connectivity index (χ0) is 11.6. The first-order valence-corrected chi connectivity index (χ1v) is 7.01. The van der Waals surface area contributed by atoms with E-state index >= 15 is 0 Å². The van der Waals surface area contributed by atoms with E-state index in [1.807, 2.05) is 0 Å². The Labute approximate surface area is 103 Å². The van der Waals surface area contributed by atoms with E-state index in [4.69, 9.17) is 11.6 Å². The average molecular weight is 313 g/mol. The highest BCUT2D eigenvalue weighted by atomic mass is 79.9. The summed E-state index contributed by atoms with van der Waals surface area (Å²) in [6, 6.07) is 4.87. The summed E-state index contributed by atoms with van der Waals surface area (Å²) in [5.41, 5.74) is 0.500. The number of anilines is 1. The number of rotatable bonds is 3. The van der Waals surface area contributed by atoms with Gasteiger partial charge in [0, 0.05) is 10.2 Å². The summed E-state index contributed by atoms with van der Waals surface area (Å²) in [6.45, 7) is 3.24. The van der Waals surface area contributed by atoms with Gasteiger partial charge in [0.15, 0.2) is 0 Å². The molecule has 0 radical (unpaired) electrons. The van der Waals surface area contributed by atoms with E-state index in [1.165, 1.54) is 0 Å². The maximum absolute atomic E-state index is 11.5. The van der Waals surface area contributed by atoms with Gasteiger partial charge in [-0.25, -0.2) is 8.42 Å². The monoisotopic (exact) mass is 311 g/mol. The predicted molar refractivity (Wildman–Crippen MR) is 66.8 cm³/mol. The number of hydrogen-bond acceptors (Lipinski definition) is 2. The van der Waals surface area contributed by atoms with Gasteiger partial charge in [0.05, 0.1) is 10.3 Å². The van der Waals surface area contributed by atoms with Gasteiger partial charge in [0.2, 0.25) is 10.0 Å². The lowest BCUT2D eigenvalue weighted by Crippen LogP contribution is -2.22. The van der Waals surface area contributed by atoms with Gasteiger partial charge in [-0.3, -0.25) is 4.72 Å². The van der Waals surface area contributed by atoms with Crippen LogP contribution in [0.25, 0.3) is 0 Å². The molecule has 1 N–H and O–H groups in total. The molecule has 3 nitrogen and oxygen atoms in total. The molecule has 1 rings (SSSR count). The van der Waals surface area contributed by atoms with Crippen LogP contribution in [0.2, 0.25) is 5.02 Å². The van der Waals surface area contributed by atoms with Crippen LogP contribution >= 0.6 is 27.5 Å². The highest BCUT2D eigenvalue weighted by Gasteiger charge is 2.15. The van der Waals surface area contributed by atoms with E-state index in [-0.39, 0.29) is 0 Å². The summed E-state index contributed by atoms with van der Waals surface area (Å²) in [7, 11) is -3.29. The molecule has 0 bridgehead atoms. The molecule has 0 aromatic heterocycles. The summed E-state index contributed by atoms with van der Waals surface area (Å²) < 4.78 is 26.2. The molecule has 15 heavy (non-hydrogen) atoms. The van der Waals surface area contributed by atoms with Crippen molar-refractivity contribution in [2.45, 2.75) is 19.1 Å². The van der Waals surface area contributed by atoms with Gasteiger partial charge in [-0.1, -0.05) is 11.6 Å². The molecule has 0 atom stereocenters. The molecule has 84 valence electrons. The molecule has 6 heteroatoms.